The summed E-state index contributed by atoms with van der Waals surface area (Å²) in [7, 11) is -0.871. The Balaban J connectivity index is 1.40. The number of carbonyl (C=O) groups excluding carboxylic acids is 2. The first-order chi connectivity index (χ1) is 15.1. The van der Waals surface area contributed by atoms with E-state index in [9.17, 15) is 18.0 Å². The molecule has 1 aromatic rings. The number of ether oxygens (including phenoxy) is 1. The first kappa shape index (κ1) is 23.0. The minimum atomic E-state index is -3.75. The standard InChI is InChI=1S/C23H33N3O5S/c1-4-31-19-6-5-18(10-20(19)32(29,30)26(2)3)25-21(27)14-24-22(28)23-11-15-7-16(12-23)9-17(8-15)13-23/h5-6,10,15-17H,4,7-9,11-14H2,1-3H3,(H,24,28)(H,25,27). The van der Waals surface area contributed by atoms with Gasteiger partial charge in [0.25, 0.3) is 0 Å². The normalized spacial score (nSPS) is 28.6. The first-order valence-electron chi connectivity index (χ1n) is 11.4. The molecule has 2 N–H and O–H groups in total. The number of nitrogens with zero attached hydrogens (tertiary/aromatic N) is 1. The predicted octanol–water partition coefficient (Wildman–Crippen LogP) is 2.61. The van der Waals surface area contributed by atoms with E-state index in [2.05, 4.69) is 10.6 Å². The molecule has 32 heavy (non-hydrogen) atoms. The summed E-state index contributed by atoms with van der Waals surface area (Å²) in [5, 5.41) is 5.55. The zero-order chi connectivity index (χ0) is 23.1. The summed E-state index contributed by atoms with van der Waals surface area (Å²) in [6.07, 6.45) is 6.58. The maximum Gasteiger partial charge on any atom is 0.246 e. The molecule has 1 aromatic carbocycles. The molecular formula is C23H33N3O5S. The van der Waals surface area contributed by atoms with Crippen LogP contribution in [0.3, 0.4) is 0 Å². The molecule has 0 radical (unpaired) electrons. The van der Waals surface area contributed by atoms with Crippen LogP contribution in [0.1, 0.15) is 45.4 Å². The van der Waals surface area contributed by atoms with Gasteiger partial charge >= 0.3 is 0 Å². The van der Waals surface area contributed by atoms with Crippen LogP contribution in [0, 0.1) is 23.2 Å². The molecule has 4 saturated carbocycles. The number of hydrogen-bond donors (Lipinski definition) is 2. The fraction of sp³-hybridized carbons (Fsp3) is 0.652. The first-order valence-corrected chi connectivity index (χ1v) is 12.8. The van der Waals surface area contributed by atoms with Crippen LogP contribution in [0.5, 0.6) is 5.75 Å². The van der Waals surface area contributed by atoms with E-state index in [-0.39, 0.29) is 34.4 Å². The van der Waals surface area contributed by atoms with Gasteiger partial charge in [0, 0.05) is 25.2 Å². The summed E-state index contributed by atoms with van der Waals surface area (Å²) in [5.74, 6) is 1.80. The molecule has 0 spiro atoms. The van der Waals surface area contributed by atoms with E-state index in [1.165, 1.54) is 45.5 Å². The Labute approximate surface area is 190 Å². The molecule has 2 amide bonds. The lowest BCUT2D eigenvalue weighted by Gasteiger charge is -2.55. The van der Waals surface area contributed by atoms with E-state index in [0.717, 1.165) is 23.6 Å². The largest absolute Gasteiger partial charge is 0.492 e. The Morgan fingerprint density at radius 3 is 2.22 bits per heavy atom. The van der Waals surface area contributed by atoms with Crippen molar-refractivity contribution >= 4 is 27.5 Å². The maximum atomic E-state index is 13.0. The van der Waals surface area contributed by atoms with Crippen molar-refractivity contribution in [3.05, 3.63) is 18.2 Å². The molecule has 0 aromatic heterocycles. The summed E-state index contributed by atoms with van der Waals surface area (Å²) >= 11 is 0. The predicted molar refractivity (Wildman–Crippen MR) is 121 cm³/mol. The maximum absolute atomic E-state index is 13.0. The zero-order valence-corrected chi connectivity index (χ0v) is 19.8. The van der Waals surface area contributed by atoms with Crippen molar-refractivity contribution < 1.29 is 22.7 Å². The Kier molecular flexibility index (Phi) is 6.24. The van der Waals surface area contributed by atoms with Gasteiger partial charge < -0.3 is 15.4 Å². The minimum Gasteiger partial charge on any atom is -0.492 e. The second-order valence-electron chi connectivity index (χ2n) is 9.81. The zero-order valence-electron chi connectivity index (χ0n) is 19.0. The van der Waals surface area contributed by atoms with Crippen LogP contribution >= 0.6 is 0 Å². The molecule has 8 nitrogen and oxygen atoms in total. The van der Waals surface area contributed by atoms with Crippen LogP contribution in [0.4, 0.5) is 5.69 Å². The molecule has 0 saturated heterocycles. The smallest absolute Gasteiger partial charge is 0.246 e. The lowest BCUT2D eigenvalue weighted by Crippen LogP contribution is -2.54. The third-order valence-corrected chi connectivity index (χ3v) is 9.05. The van der Waals surface area contributed by atoms with Crippen LogP contribution in [0.25, 0.3) is 0 Å². The van der Waals surface area contributed by atoms with Crippen molar-refractivity contribution in [3.8, 4) is 5.75 Å². The molecule has 0 heterocycles. The van der Waals surface area contributed by atoms with Gasteiger partial charge in [-0.2, -0.15) is 0 Å². The van der Waals surface area contributed by atoms with Crippen LogP contribution < -0.4 is 15.4 Å². The SMILES string of the molecule is CCOc1ccc(NC(=O)CNC(=O)C23CC4CC(CC(C4)C2)C3)cc1S(=O)(=O)N(C)C. The second-order valence-corrected chi connectivity index (χ2v) is 11.9. The summed E-state index contributed by atoms with van der Waals surface area (Å²) < 4.78 is 31.9. The topological polar surface area (TPSA) is 105 Å². The van der Waals surface area contributed by atoms with Gasteiger partial charge in [0.1, 0.15) is 10.6 Å². The van der Waals surface area contributed by atoms with Crippen LogP contribution in [-0.2, 0) is 19.6 Å². The number of anilines is 1. The summed E-state index contributed by atoms with van der Waals surface area (Å²) in [6.45, 7) is 1.95. The molecule has 0 atom stereocenters. The lowest BCUT2D eigenvalue weighted by molar-refractivity contribution is -0.146. The highest BCUT2D eigenvalue weighted by Gasteiger charge is 2.54. The number of carbonyl (C=O) groups is 2. The highest BCUT2D eigenvalue weighted by atomic mass is 32.2. The van der Waals surface area contributed by atoms with Crippen LogP contribution in [0.15, 0.2) is 23.1 Å². The van der Waals surface area contributed by atoms with E-state index in [1.807, 2.05) is 0 Å². The van der Waals surface area contributed by atoms with Crippen molar-refractivity contribution in [1.29, 1.82) is 0 Å². The van der Waals surface area contributed by atoms with Gasteiger partial charge in [0.2, 0.25) is 21.8 Å². The molecule has 4 aliphatic carbocycles. The molecule has 4 fully saturated rings. The number of sulfonamides is 1. The molecule has 5 rings (SSSR count). The third kappa shape index (κ3) is 4.37. The van der Waals surface area contributed by atoms with Crippen molar-refractivity contribution in [1.82, 2.24) is 9.62 Å². The van der Waals surface area contributed by atoms with Crippen LogP contribution in [-0.4, -0.2) is 51.8 Å². The Morgan fingerprint density at radius 1 is 1.09 bits per heavy atom. The highest BCUT2D eigenvalue weighted by Crippen LogP contribution is 2.60. The minimum absolute atomic E-state index is 0.00526. The average molecular weight is 464 g/mol. The van der Waals surface area contributed by atoms with Crippen molar-refractivity contribution in [3.63, 3.8) is 0 Å². The highest BCUT2D eigenvalue weighted by molar-refractivity contribution is 7.89. The summed E-state index contributed by atoms with van der Waals surface area (Å²) in [5.41, 5.74) is 0.0316. The molecule has 9 heteroatoms. The summed E-state index contributed by atoms with van der Waals surface area (Å²) in [4.78, 5) is 25.6. The second kappa shape index (κ2) is 8.67. The Morgan fingerprint density at radius 2 is 1.69 bits per heavy atom. The Hall–Kier alpha value is -2.13. The molecule has 0 unspecified atom stereocenters. The number of amides is 2. The molecule has 4 aliphatic rings. The van der Waals surface area contributed by atoms with Gasteiger partial charge in [0.15, 0.2) is 0 Å². The number of nitrogens with one attached hydrogen (secondary N) is 2. The van der Waals surface area contributed by atoms with Gasteiger partial charge in [-0.15, -0.1) is 0 Å². The van der Waals surface area contributed by atoms with E-state index in [4.69, 9.17) is 4.74 Å². The third-order valence-electron chi connectivity index (χ3n) is 7.22. The fourth-order valence-electron chi connectivity index (χ4n) is 6.20. The van der Waals surface area contributed by atoms with E-state index in [1.54, 1.807) is 13.0 Å². The molecular weight excluding hydrogens is 430 g/mol. The van der Waals surface area contributed by atoms with Crippen molar-refractivity contribution in [2.45, 2.75) is 50.3 Å². The Bertz CT molecular complexity index is 970. The number of hydrogen-bond acceptors (Lipinski definition) is 5. The van der Waals surface area contributed by atoms with E-state index >= 15 is 0 Å². The number of benzene rings is 1. The quantitative estimate of drug-likeness (QED) is 0.617. The number of rotatable bonds is 8. The van der Waals surface area contributed by atoms with E-state index < -0.39 is 10.0 Å². The fourth-order valence-corrected chi connectivity index (χ4v) is 7.25. The van der Waals surface area contributed by atoms with Gasteiger partial charge in [-0.1, -0.05) is 0 Å². The van der Waals surface area contributed by atoms with Crippen LogP contribution in [0.2, 0.25) is 0 Å². The van der Waals surface area contributed by atoms with Gasteiger partial charge in [-0.3, -0.25) is 9.59 Å². The van der Waals surface area contributed by atoms with E-state index in [0.29, 0.717) is 30.0 Å². The van der Waals surface area contributed by atoms with Gasteiger partial charge in [-0.05, 0) is 81.4 Å². The average Bonchev–Trinajstić information content (AvgIpc) is 2.72. The summed E-state index contributed by atoms with van der Waals surface area (Å²) in [6, 6.07) is 4.51. The molecule has 0 aliphatic heterocycles. The van der Waals surface area contributed by atoms with Crippen molar-refractivity contribution in [2.24, 2.45) is 23.2 Å². The monoisotopic (exact) mass is 463 g/mol. The molecule has 4 bridgehead atoms. The van der Waals surface area contributed by atoms with Gasteiger partial charge in [0.05, 0.1) is 13.2 Å². The molecule has 176 valence electrons. The lowest BCUT2D eigenvalue weighted by atomic mass is 9.49. The van der Waals surface area contributed by atoms with Crippen molar-refractivity contribution in [2.75, 3.05) is 32.6 Å². The van der Waals surface area contributed by atoms with Gasteiger partial charge in [-0.25, -0.2) is 12.7 Å².